The van der Waals surface area contributed by atoms with E-state index in [0.717, 1.165) is 5.56 Å². The van der Waals surface area contributed by atoms with E-state index >= 15 is 0 Å². The second-order valence-corrected chi connectivity index (χ2v) is 7.09. The molecule has 0 saturated carbocycles. The van der Waals surface area contributed by atoms with Crippen LogP contribution >= 0.6 is 0 Å². The van der Waals surface area contributed by atoms with Crippen molar-refractivity contribution in [2.24, 2.45) is 0 Å². The number of alkyl halides is 2. The van der Waals surface area contributed by atoms with Gasteiger partial charge in [-0.25, -0.2) is 9.78 Å². The van der Waals surface area contributed by atoms with Crippen molar-refractivity contribution in [3.63, 3.8) is 0 Å². The second kappa shape index (κ2) is 9.46. The summed E-state index contributed by atoms with van der Waals surface area (Å²) in [5.74, 6) is 1.16. The van der Waals surface area contributed by atoms with Crippen LogP contribution in [-0.4, -0.2) is 36.8 Å². The van der Waals surface area contributed by atoms with Gasteiger partial charge < -0.3 is 24.7 Å². The minimum absolute atomic E-state index is 0.121. The maximum absolute atomic E-state index is 12.6. The Morgan fingerprint density at radius 1 is 1.19 bits per heavy atom. The van der Waals surface area contributed by atoms with Crippen LogP contribution in [0.5, 0.6) is 5.75 Å². The molecule has 2 N–H and O–H groups in total. The van der Waals surface area contributed by atoms with Gasteiger partial charge in [0.05, 0.1) is 18.4 Å². The quantitative estimate of drug-likeness (QED) is 0.594. The van der Waals surface area contributed by atoms with Crippen molar-refractivity contribution in [2.45, 2.75) is 25.6 Å². The first kappa shape index (κ1) is 20.6. The van der Waals surface area contributed by atoms with E-state index in [1.165, 1.54) is 6.07 Å². The van der Waals surface area contributed by atoms with Gasteiger partial charge in [-0.15, -0.1) is 0 Å². The van der Waals surface area contributed by atoms with Gasteiger partial charge in [0, 0.05) is 24.7 Å². The van der Waals surface area contributed by atoms with E-state index in [0.29, 0.717) is 36.8 Å². The van der Waals surface area contributed by atoms with Crippen LogP contribution in [-0.2, 0) is 6.54 Å². The summed E-state index contributed by atoms with van der Waals surface area (Å²) in [4.78, 5) is 18.4. The van der Waals surface area contributed by atoms with Crippen molar-refractivity contribution in [1.29, 1.82) is 0 Å². The predicted molar refractivity (Wildman–Crippen MR) is 111 cm³/mol. The summed E-state index contributed by atoms with van der Waals surface area (Å²) in [6.07, 6.45) is 2.31. The molecule has 1 atom stereocenters. The number of hydrogen-bond donors (Lipinski definition) is 2. The normalized spacial score (nSPS) is 15.8. The fourth-order valence-corrected chi connectivity index (χ4v) is 3.53. The lowest BCUT2D eigenvalue weighted by molar-refractivity contribution is -0.0495. The first-order valence-electron chi connectivity index (χ1n) is 9.92. The Morgan fingerprint density at radius 3 is 2.77 bits per heavy atom. The number of amides is 2. The Kier molecular flexibility index (Phi) is 6.30. The van der Waals surface area contributed by atoms with Gasteiger partial charge in [0.1, 0.15) is 5.75 Å². The molecule has 1 unspecified atom stereocenters. The average Bonchev–Trinajstić information content (AvgIpc) is 3.43. The molecular weight excluding hydrogens is 406 g/mol. The van der Waals surface area contributed by atoms with Crippen molar-refractivity contribution in [3.05, 3.63) is 66.7 Å². The zero-order chi connectivity index (χ0) is 21.6. The third-order valence-electron chi connectivity index (χ3n) is 4.96. The molecule has 31 heavy (non-hydrogen) atoms. The molecule has 2 aromatic carbocycles. The molecular formula is C22H22F2N4O3. The Balaban J connectivity index is 1.27. The molecule has 1 aromatic heterocycles. The molecule has 162 valence electrons. The summed E-state index contributed by atoms with van der Waals surface area (Å²) in [6.45, 7) is -1.62. The van der Waals surface area contributed by atoms with Crippen LogP contribution in [0.1, 0.15) is 12.3 Å². The number of benzene rings is 2. The van der Waals surface area contributed by atoms with Crippen molar-refractivity contribution in [3.8, 4) is 17.1 Å². The highest BCUT2D eigenvalue weighted by Crippen LogP contribution is 2.31. The molecule has 1 saturated heterocycles. The van der Waals surface area contributed by atoms with E-state index in [1.54, 1.807) is 24.4 Å². The first-order valence-corrected chi connectivity index (χ1v) is 9.92. The van der Waals surface area contributed by atoms with Crippen molar-refractivity contribution >= 4 is 11.7 Å². The number of anilines is 1. The van der Waals surface area contributed by atoms with E-state index < -0.39 is 6.61 Å². The van der Waals surface area contributed by atoms with Crippen LogP contribution in [0, 0.1) is 0 Å². The van der Waals surface area contributed by atoms with Crippen LogP contribution in [0.4, 0.5) is 19.3 Å². The molecule has 9 heteroatoms. The summed E-state index contributed by atoms with van der Waals surface area (Å²) < 4.78 is 35.6. The number of carbonyl (C=O) groups is 1. The summed E-state index contributed by atoms with van der Waals surface area (Å²) >= 11 is 0. The van der Waals surface area contributed by atoms with Gasteiger partial charge in [-0.05, 0) is 18.6 Å². The maximum Gasteiger partial charge on any atom is 0.387 e. The van der Waals surface area contributed by atoms with E-state index in [-0.39, 0.29) is 24.4 Å². The highest BCUT2D eigenvalue weighted by Gasteiger charge is 2.26. The third kappa shape index (κ3) is 5.30. The SMILES string of the molecule is O=C(NCc1ncc(-c2ccccc2)o1)NC1CCN(c2ccccc2OC(F)F)C1. The lowest BCUT2D eigenvalue weighted by Gasteiger charge is -2.22. The van der Waals surface area contributed by atoms with Crippen LogP contribution in [0.2, 0.25) is 0 Å². The average molecular weight is 428 g/mol. The first-order chi connectivity index (χ1) is 15.1. The molecule has 7 nitrogen and oxygen atoms in total. The topological polar surface area (TPSA) is 79.6 Å². The largest absolute Gasteiger partial charge is 0.439 e. The Labute approximate surface area is 178 Å². The number of nitrogens with one attached hydrogen (secondary N) is 2. The number of halogens is 2. The molecule has 4 rings (SSSR count). The monoisotopic (exact) mass is 428 g/mol. The summed E-state index contributed by atoms with van der Waals surface area (Å²) in [7, 11) is 0. The highest BCUT2D eigenvalue weighted by molar-refractivity contribution is 5.74. The molecule has 0 bridgehead atoms. The molecule has 0 radical (unpaired) electrons. The van der Waals surface area contributed by atoms with E-state index in [1.807, 2.05) is 35.2 Å². The van der Waals surface area contributed by atoms with Crippen LogP contribution < -0.4 is 20.3 Å². The number of carbonyl (C=O) groups excluding carboxylic acids is 1. The highest BCUT2D eigenvalue weighted by atomic mass is 19.3. The van der Waals surface area contributed by atoms with Crippen molar-refractivity contribution in [1.82, 2.24) is 15.6 Å². The minimum Gasteiger partial charge on any atom is -0.439 e. The molecule has 3 aromatic rings. The minimum atomic E-state index is -2.89. The number of para-hydroxylation sites is 2. The van der Waals surface area contributed by atoms with Gasteiger partial charge in [-0.3, -0.25) is 0 Å². The van der Waals surface area contributed by atoms with E-state index in [4.69, 9.17) is 4.42 Å². The van der Waals surface area contributed by atoms with Gasteiger partial charge >= 0.3 is 12.6 Å². The Morgan fingerprint density at radius 2 is 1.97 bits per heavy atom. The number of aromatic nitrogens is 1. The zero-order valence-electron chi connectivity index (χ0n) is 16.6. The number of urea groups is 1. The van der Waals surface area contributed by atoms with Gasteiger partial charge in [-0.2, -0.15) is 8.78 Å². The van der Waals surface area contributed by atoms with Gasteiger partial charge in [0.25, 0.3) is 0 Å². The molecule has 0 spiro atoms. The van der Waals surface area contributed by atoms with E-state index in [2.05, 4.69) is 20.4 Å². The number of rotatable bonds is 7. The number of hydrogen-bond acceptors (Lipinski definition) is 5. The molecule has 1 aliphatic heterocycles. The van der Waals surface area contributed by atoms with E-state index in [9.17, 15) is 13.6 Å². The number of oxazole rings is 1. The van der Waals surface area contributed by atoms with Crippen LogP contribution in [0.25, 0.3) is 11.3 Å². The fourth-order valence-electron chi connectivity index (χ4n) is 3.53. The number of nitrogens with zero attached hydrogens (tertiary/aromatic N) is 2. The van der Waals surface area contributed by atoms with Crippen molar-refractivity contribution in [2.75, 3.05) is 18.0 Å². The van der Waals surface area contributed by atoms with Crippen molar-refractivity contribution < 1.29 is 22.7 Å². The third-order valence-corrected chi connectivity index (χ3v) is 4.96. The summed E-state index contributed by atoms with van der Waals surface area (Å²) in [6, 6.07) is 15.8. The fraction of sp³-hybridized carbons (Fsp3) is 0.273. The smallest absolute Gasteiger partial charge is 0.387 e. The Hall–Kier alpha value is -3.62. The maximum atomic E-state index is 12.6. The Bertz CT molecular complexity index is 1010. The second-order valence-electron chi connectivity index (χ2n) is 7.09. The lowest BCUT2D eigenvalue weighted by Crippen LogP contribution is -2.43. The summed E-state index contributed by atoms with van der Waals surface area (Å²) in [5, 5.41) is 5.63. The zero-order valence-corrected chi connectivity index (χ0v) is 16.6. The lowest BCUT2D eigenvalue weighted by atomic mass is 10.2. The molecule has 1 aliphatic rings. The summed E-state index contributed by atoms with van der Waals surface area (Å²) in [5.41, 5.74) is 1.49. The molecule has 2 amide bonds. The molecule has 1 fully saturated rings. The predicted octanol–water partition coefficient (Wildman–Crippen LogP) is 4.02. The van der Waals surface area contributed by atoms with Gasteiger partial charge in [-0.1, -0.05) is 42.5 Å². The molecule has 2 heterocycles. The van der Waals surface area contributed by atoms with Crippen LogP contribution in [0.15, 0.2) is 65.2 Å². The van der Waals surface area contributed by atoms with Crippen LogP contribution in [0.3, 0.4) is 0 Å². The van der Waals surface area contributed by atoms with Gasteiger partial charge in [0.2, 0.25) is 5.89 Å². The molecule has 0 aliphatic carbocycles. The number of ether oxygens (including phenoxy) is 1. The van der Waals surface area contributed by atoms with Gasteiger partial charge in [0.15, 0.2) is 5.76 Å². The standard InChI is InChI=1S/C22H22F2N4O3/c23-21(24)31-18-9-5-4-8-17(18)28-11-10-16(14-28)27-22(29)26-13-20-25-12-19(30-20)15-6-2-1-3-7-15/h1-9,12,16,21H,10-11,13-14H2,(H2,26,27,29).